The molecule has 90 valence electrons. The largest absolute Gasteiger partial charge is 0.497 e. The second-order valence-corrected chi connectivity index (χ2v) is 4.52. The SMILES string of the molecule is COc1ccc(C(NN)C(C)C(C)C)cc1. The maximum Gasteiger partial charge on any atom is 0.118 e. The van der Waals surface area contributed by atoms with Gasteiger partial charge in [-0.2, -0.15) is 0 Å². The van der Waals surface area contributed by atoms with Crippen molar-refractivity contribution in [3.63, 3.8) is 0 Å². The molecule has 3 heteroatoms. The van der Waals surface area contributed by atoms with Gasteiger partial charge in [0.15, 0.2) is 0 Å². The van der Waals surface area contributed by atoms with Gasteiger partial charge in [-0.25, -0.2) is 0 Å². The highest BCUT2D eigenvalue weighted by Gasteiger charge is 2.20. The second kappa shape index (κ2) is 5.87. The molecule has 16 heavy (non-hydrogen) atoms. The van der Waals surface area contributed by atoms with Gasteiger partial charge in [-0.3, -0.25) is 11.3 Å². The molecule has 0 fully saturated rings. The molecular weight excluding hydrogens is 200 g/mol. The highest BCUT2D eigenvalue weighted by molar-refractivity contribution is 5.29. The Morgan fingerprint density at radius 3 is 2.06 bits per heavy atom. The van der Waals surface area contributed by atoms with Crippen molar-refractivity contribution in [1.29, 1.82) is 0 Å². The fourth-order valence-corrected chi connectivity index (χ4v) is 1.75. The van der Waals surface area contributed by atoms with Crippen LogP contribution in [0.3, 0.4) is 0 Å². The molecule has 1 rings (SSSR count). The molecule has 3 nitrogen and oxygen atoms in total. The first-order chi connectivity index (χ1) is 7.60. The molecule has 1 aromatic carbocycles. The van der Waals surface area contributed by atoms with Crippen molar-refractivity contribution in [2.24, 2.45) is 17.7 Å². The second-order valence-electron chi connectivity index (χ2n) is 4.52. The third-order valence-electron chi connectivity index (χ3n) is 3.23. The van der Waals surface area contributed by atoms with Crippen LogP contribution in [0.25, 0.3) is 0 Å². The lowest BCUT2D eigenvalue weighted by Crippen LogP contribution is -2.34. The van der Waals surface area contributed by atoms with E-state index >= 15 is 0 Å². The van der Waals surface area contributed by atoms with Gasteiger partial charge in [0.2, 0.25) is 0 Å². The lowest BCUT2D eigenvalue weighted by molar-refractivity contribution is 0.306. The van der Waals surface area contributed by atoms with Crippen LogP contribution < -0.4 is 16.0 Å². The Balaban J connectivity index is 2.86. The molecule has 0 aliphatic rings. The molecule has 2 unspecified atom stereocenters. The van der Waals surface area contributed by atoms with Crippen molar-refractivity contribution < 1.29 is 4.74 Å². The number of methoxy groups -OCH3 is 1. The average molecular weight is 222 g/mol. The van der Waals surface area contributed by atoms with E-state index in [-0.39, 0.29) is 6.04 Å². The summed E-state index contributed by atoms with van der Waals surface area (Å²) in [7, 11) is 1.67. The highest BCUT2D eigenvalue weighted by Crippen LogP contribution is 2.28. The van der Waals surface area contributed by atoms with Crippen molar-refractivity contribution in [3.05, 3.63) is 29.8 Å². The zero-order valence-corrected chi connectivity index (χ0v) is 10.5. The molecule has 0 bridgehead atoms. The highest BCUT2D eigenvalue weighted by atomic mass is 16.5. The van der Waals surface area contributed by atoms with Gasteiger partial charge < -0.3 is 4.74 Å². The molecule has 0 spiro atoms. The van der Waals surface area contributed by atoms with Crippen LogP contribution in [0, 0.1) is 11.8 Å². The lowest BCUT2D eigenvalue weighted by Gasteiger charge is -2.26. The van der Waals surface area contributed by atoms with Gasteiger partial charge in [0.1, 0.15) is 5.75 Å². The normalized spacial score (nSPS) is 14.9. The quantitative estimate of drug-likeness (QED) is 0.594. The van der Waals surface area contributed by atoms with E-state index in [2.05, 4.69) is 38.3 Å². The zero-order chi connectivity index (χ0) is 12.1. The number of nitrogens with one attached hydrogen (secondary N) is 1. The maximum atomic E-state index is 5.63. The first kappa shape index (κ1) is 13.0. The van der Waals surface area contributed by atoms with Crippen LogP contribution in [0.4, 0.5) is 0 Å². The first-order valence-electron chi connectivity index (χ1n) is 5.70. The van der Waals surface area contributed by atoms with Crippen LogP contribution in [0.2, 0.25) is 0 Å². The summed E-state index contributed by atoms with van der Waals surface area (Å²) < 4.78 is 5.14. The minimum absolute atomic E-state index is 0.186. The van der Waals surface area contributed by atoms with Crippen molar-refractivity contribution in [3.8, 4) is 5.75 Å². The Hall–Kier alpha value is -1.06. The van der Waals surface area contributed by atoms with E-state index in [1.54, 1.807) is 7.11 Å². The Kier molecular flexibility index (Phi) is 4.77. The monoisotopic (exact) mass is 222 g/mol. The molecular formula is C13H22N2O. The van der Waals surface area contributed by atoms with Crippen LogP contribution in [0.5, 0.6) is 5.75 Å². The minimum Gasteiger partial charge on any atom is -0.497 e. The summed E-state index contributed by atoms with van der Waals surface area (Å²) in [5.41, 5.74) is 4.09. The fraction of sp³-hybridized carbons (Fsp3) is 0.538. The van der Waals surface area contributed by atoms with E-state index < -0.39 is 0 Å². The summed E-state index contributed by atoms with van der Waals surface area (Å²) in [6.07, 6.45) is 0. The predicted octanol–water partition coefficient (Wildman–Crippen LogP) is 2.49. The first-order valence-corrected chi connectivity index (χ1v) is 5.70. The molecule has 0 heterocycles. The zero-order valence-electron chi connectivity index (χ0n) is 10.5. The molecule has 0 amide bonds. The minimum atomic E-state index is 0.186. The Morgan fingerprint density at radius 2 is 1.69 bits per heavy atom. The lowest BCUT2D eigenvalue weighted by atomic mass is 9.86. The summed E-state index contributed by atoms with van der Waals surface area (Å²) >= 11 is 0. The maximum absolute atomic E-state index is 5.63. The Morgan fingerprint density at radius 1 is 1.12 bits per heavy atom. The van der Waals surface area contributed by atoms with E-state index in [0.717, 1.165) is 5.75 Å². The summed E-state index contributed by atoms with van der Waals surface area (Å²) in [6, 6.07) is 8.23. The number of rotatable bonds is 5. The number of nitrogens with two attached hydrogens (primary N) is 1. The van der Waals surface area contributed by atoms with Crippen LogP contribution >= 0.6 is 0 Å². The van der Waals surface area contributed by atoms with Gasteiger partial charge in [0, 0.05) is 6.04 Å². The summed E-state index contributed by atoms with van der Waals surface area (Å²) in [6.45, 7) is 6.62. The van der Waals surface area contributed by atoms with E-state index in [1.807, 2.05) is 12.1 Å². The topological polar surface area (TPSA) is 47.3 Å². The van der Waals surface area contributed by atoms with Gasteiger partial charge in [0.25, 0.3) is 0 Å². The van der Waals surface area contributed by atoms with Crippen molar-refractivity contribution >= 4 is 0 Å². The third kappa shape index (κ3) is 2.97. The van der Waals surface area contributed by atoms with Crippen LogP contribution in [-0.4, -0.2) is 7.11 Å². The summed E-state index contributed by atoms with van der Waals surface area (Å²) in [5.74, 6) is 7.58. The molecule has 2 atom stereocenters. The molecule has 0 aromatic heterocycles. The van der Waals surface area contributed by atoms with Crippen LogP contribution in [0.15, 0.2) is 24.3 Å². The smallest absolute Gasteiger partial charge is 0.118 e. The number of hydrogen-bond acceptors (Lipinski definition) is 3. The van der Waals surface area contributed by atoms with Crippen LogP contribution in [0.1, 0.15) is 32.4 Å². The summed E-state index contributed by atoms with van der Waals surface area (Å²) in [4.78, 5) is 0. The molecule has 0 aliphatic carbocycles. The van der Waals surface area contributed by atoms with Crippen molar-refractivity contribution in [2.45, 2.75) is 26.8 Å². The molecule has 0 aliphatic heterocycles. The number of benzene rings is 1. The molecule has 3 N–H and O–H groups in total. The number of hydrazine groups is 1. The Labute approximate surface area is 98.0 Å². The summed E-state index contributed by atoms with van der Waals surface area (Å²) in [5, 5.41) is 0. The molecule has 0 saturated heterocycles. The van der Waals surface area contributed by atoms with E-state index in [9.17, 15) is 0 Å². The molecule has 0 saturated carbocycles. The van der Waals surface area contributed by atoms with Crippen molar-refractivity contribution in [2.75, 3.05) is 7.11 Å². The van der Waals surface area contributed by atoms with Gasteiger partial charge >= 0.3 is 0 Å². The van der Waals surface area contributed by atoms with Crippen LogP contribution in [-0.2, 0) is 0 Å². The molecule has 1 aromatic rings. The average Bonchev–Trinajstić information content (AvgIpc) is 2.30. The number of hydrogen-bond donors (Lipinski definition) is 2. The van der Waals surface area contributed by atoms with Gasteiger partial charge in [-0.1, -0.05) is 32.9 Å². The van der Waals surface area contributed by atoms with E-state index in [4.69, 9.17) is 10.6 Å². The standard InChI is InChI=1S/C13H22N2O/c1-9(2)10(3)13(15-14)11-5-7-12(16-4)8-6-11/h5-10,13,15H,14H2,1-4H3. The molecule has 0 radical (unpaired) electrons. The van der Waals surface area contributed by atoms with E-state index in [1.165, 1.54) is 5.56 Å². The van der Waals surface area contributed by atoms with Crippen molar-refractivity contribution in [1.82, 2.24) is 5.43 Å². The van der Waals surface area contributed by atoms with Gasteiger partial charge in [-0.05, 0) is 29.5 Å². The third-order valence-corrected chi connectivity index (χ3v) is 3.23. The number of ether oxygens (including phenoxy) is 1. The Bertz CT molecular complexity index is 308. The fourth-order valence-electron chi connectivity index (χ4n) is 1.75. The predicted molar refractivity (Wildman–Crippen MR) is 67.1 cm³/mol. The van der Waals surface area contributed by atoms with Gasteiger partial charge in [-0.15, -0.1) is 0 Å². The van der Waals surface area contributed by atoms with Gasteiger partial charge in [0.05, 0.1) is 7.11 Å². The van der Waals surface area contributed by atoms with E-state index in [0.29, 0.717) is 11.8 Å².